The van der Waals surface area contributed by atoms with Gasteiger partial charge in [-0.1, -0.05) is 38.0 Å². The number of hydrogen-bond donors (Lipinski definition) is 0. The Kier molecular flexibility index (Phi) is 5.98. The van der Waals surface area contributed by atoms with Gasteiger partial charge in [-0.05, 0) is 80.5 Å². The summed E-state index contributed by atoms with van der Waals surface area (Å²) in [7, 11) is 0. The molecule has 0 unspecified atom stereocenters. The fraction of sp³-hybridized carbons (Fsp3) is 0.609. The lowest BCUT2D eigenvalue weighted by Crippen LogP contribution is -2.25. The molecule has 0 aliphatic heterocycles. The maximum absolute atomic E-state index is 8.84. The zero-order valence-corrected chi connectivity index (χ0v) is 14.9. The minimum atomic E-state index is 0.573. The molecule has 0 saturated heterocycles. The lowest BCUT2D eigenvalue weighted by Gasteiger charge is -2.36. The van der Waals surface area contributed by atoms with Crippen LogP contribution in [-0.2, 0) is 0 Å². The Labute approximate surface area is 147 Å². The third kappa shape index (κ3) is 4.42. The first kappa shape index (κ1) is 17.1. The van der Waals surface area contributed by atoms with Crippen LogP contribution in [0.15, 0.2) is 24.3 Å². The van der Waals surface area contributed by atoms with Crippen molar-refractivity contribution in [2.24, 2.45) is 23.7 Å². The van der Waals surface area contributed by atoms with Crippen LogP contribution in [0.4, 0.5) is 0 Å². The Hall–Kier alpha value is -1.73. The predicted molar refractivity (Wildman–Crippen MR) is 99.2 cm³/mol. The molecule has 0 amide bonds. The van der Waals surface area contributed by atoms with E-state index in [0.29, 0.717) is 11.5 Å². The maximum atomic E-state index is 8.84. The van der Waals surface area contributed by atoms with Gasteiger partial charge in [0.2, 0.25) is 0 Å². The second-order valence-electron chi connectivity index (χ2n) is 7.76. The van der Waals surface area contributed by atoms with Crippen LogP contribution in [0.5, 0.6) is 0 Å². The van der Waals surface area contributed by atoms with Crippen molar-refractivity contribution in [3.05, 3.63) is 35.4 Å². The summed E-state index contributed by atoms with van der Waals surface area (Å²) in [6.45, 7) is 2.35. The van der Waals surface area contributed by atoms with E-state index in [1.54, 1.807) is 0 Å². The molecule has 126 valence electrons. The first-order chi connectivity index (χ1) is 11.8. The van der Waals surface area contributed by atoms with Crippen molar-refractivity contribution >= 4 is 0 Å². The molecule has 1 aromatic carbocycles. The predicted octanol–water partition coefficient (Wildman–Crippen LogP) is 5.93. The average molecular weight is 319 g/mol. The van der Waals surface area contributed by atoms with E-state index < -0.39 is 0 Å². The lowest BCUT2D eigenvalue weighted by atomic mass is 9.69. The molecule has 3 rings (SSSR count). The van der Waals surface area contributed by atoms with Crippen LogP contribution in [-0.4, -0.2) is 0 Å². The van der Waals surface area contributed by atoms with Gasteiger partial charge in [0.25, 0.3) is 0 Å². The Morgan fingerprint density at radius 3 is 1.92 bits per heavy atom. The van der Waals surface area contributed by atoms with Crippen molar-refractivity contribution in [1.29, 1.82) is 5.26 Å². The number of rotatable bonds is 2. The molecule has 2 aliphatic carbocycles. The van der Waals surface area contributed by atoms with E-state index in [9.17, 15) is 0 Å². The number of nitrogens with zero attached hydrogens (tertiary/aromatic N) is 1. The van der Waals surface area contributed by atoms with Crippen molar-refractivity contribution in [1.82, 2.24) is 0 Å². The lowest BCUT2D eigenvalue weighted by molar-refractivity contribution is 0.156. The van der Waals surface area contributed by atoms with Crippen LogP contribution >= 0.6 is 0 Å². The third-order valence-corrected chi connectivity index (χ3v) is 6.34. The maximum Gasteiger partial charge on any atom is 0.0991 e. The fourth-order valence-electron chi connectivity index (χ4n) is 4.62. The Balaban J connectivity index is 1.47. The molecule has 1 nitrogen and oxygen atoms in total. The highest BCUT2D eigenvalue weighted by atomic mass is 14.3. The third-order valence-electron chi connectivity index (χ3n) is 6.34. The number of hydrogen-bond acceptors (Lipinski definition) is 1. The van der Waals surface area contributed by atoms with Crippen LogP contribution in [0, 0.1) is 46.8 Å². The van der Waals surface area contributed by atoms with Crippen LogP contribution in [0.1, 0.15) is 75.8 Å². The van der Waals surface area contributed by atoms with Gasteiger partial charge in [0, 0.05) is 11.5 Å². The van der Waals surface area contributed by atoms with Crippen molar-refractivity contribution in [3.63, 3.8) is 0 Å². The molecule has 1 heteroatoms. The molecule has 2 saturated carbocycles. The van der Waals surface area contributed by atoms with Gasteiger partial charge in [-0.3, -0.25) is 0 Å². The zero-order valence-electron chi connectivity index (χ0n) is 14.9. The first-order valence-corrected chi connectivity index (χ1v) is 9.80. The van der Waals surface area contributed by atoms with E-state index in [0.717, 1.165) is 23.3 Å². The molecule has 0 atom stereocenters. The summed E-state index contributed by atoms with van der Waals surface area (Å²) in [5.74, 6) is 10.3. The molecule has 0 heterocycles. The summed E-state index contributed by atoms with van der Waals surface area (Å²) >= 11 is 0. The summed E-state index contributed by atoms with van der Waals surface area (Å²) in [5, 5.41) is 8.84. The van der Waals surface area contributed by atoms with Crippen molar-refractivity contribution in [2.75, 3.05) is 0 Å². The first-order valence-electron chi connectivity index (χ1n) is 9.80. The topological polar surface area (TPSA) is 23.8 Å². The quantitative estimate of drug-likeness (QED) is 0.619. The van der Waals surface area contributed by atoms with E-state index in [1.165, 1.54) is 57.8 Å². The Bertz CT molecular complexity index is 609. The monoisotopic (exact) mass is 319 g/mol. The summed E-state index contributed by atoms with van der Waals surface area (Å²) < 4.78 is 0. The summed E-state index contributed by atoms with van der Waals surface area (Å²) in [5.41, 5.74) is 1.74. The minimum absolute atomic E-state index is 0.573. The van der Waals surface area contributed by atoms with Crippen LogP contribution < -0.4 is 0 Å². The summed E-state index contributed by atoms with van der Waals surface area (Å²) in [4.78, 5) is 0. The Morgan fingerprint density at radius 1 is 0.833 bits per heavy atom. The molecule has 2 aliphatic rings. The summed E-state index contributed by atoms with van der Waals surface area (Å²) in [6.07, 6.45) is 12.6. The van der Waals surface area contributed by atoms with E-state index in [4.69, 9.17) is 5.26 Å². The van der Waals surface area contributed by atoms with Crippen molar-refractivity contribution in [2.45, 2.75) is 64.7 Å². The smallest absolute Gasteiger partial charge is 0.0991 e. The Morgan fingerprint density at radius 2 is 1.38 bits per heavy atom. The van der Waals surface area contributed by atoms with E-state index in [2.05, 4.69) is 24.8 Å². The fourth-order valence-corrected chi connectivity index (χ4v) is 4.62. The van der Waals surface area contributed by atoms with Crippen LogP contribution in [0.3, 0.4) is 0 Å². The van der Waals surface area contributed by atoms with Gasteiger partial charge in [-0.15, -0.1) is 0 Å². The second kappa shape index (κ2) is 8.39. The SMILES string of the molecule is CCC1CCC(C2CCC(C#Cc3ccc(C#N)cc3)CC2)CC1. The van der Waals surface area contributed by atoms with E-state index in [-0.39, 0.29) is 0 Å². The van der Waals surface area contributed by atoms with Gasteiger partial charge in [-0.25, -0.2) is 0 Å². The molecule has 0 N–H and O–H groups in total. The normalized spacial score (nSPS) is 30.0. The van der Waals surface area contributed by atoms with Crippen LogP contribution in [0.2, 0.25) is 0 Å². The molecule has 0 radical (unpaired) electrons. The molecule has 24 heavy (non-hydrogen) atoms. The van der Waals surface area contributed by atoms with Crippen LogP contribution in [0.25, 0.3) is 0 Å². The highest BCUT2D eigenvalue weighted by molar-refractivity contribution is 5.40. The highest BCUT2D eigenvalue weighted by Gasteiger charge is 2.29. The van der Waals surface area contributed by atoms with E-state index >= 15 is 0 Å². The largest absolute Gasteiger partial charge is 0.192 e. The van der Waals surface area contributed by atoms with Crippen molar-refractivity contribution < 1.29 is 0 Å². The zero-order chi connectivity index (χ0) is 16.8. The molecule has 0 aromatic heterocycles. The molecule has 1 aromatic rings. The van der Waals surface area contributed by atoms with Gasteiger partial charge >= 0.3 is 0 Å². The molecule has 0 bridgehead atoms. The second-order valence-corrected chi connectivity index (χ2v) is 7.76. The van der Waals surface area contributed by atoms with Gasteiger partial charge in [0.15, 0.2) is 0 Å². The van der Waals surface area contributed by atoms with Crippen molar-refractivity contribution in [3.8, 4) is 17.9 Å². The summed E-state index contributed by atoms with van der Waals surface area (Å²) in [6, 6.07) is 9.79. The average Bonchev–Trinajstić information content (AvgIpc) is 2.67. The standard InChI is InChI=1S/C23H29N/c1-2-18-9-13-22(14-10-18)23-15-11-20(12-16-23)4-3-19-5-7-21(17-24)8-6-19/h5-8,18,20,22-23H,2,9-16H2,1H3. The number of nitriles is 1. The molecule has 0 spiro atoms. The minimum Gasteiger partial charge on any atom is -0.192 e. The molecular weight excluding hydrogens is 290 g/mol. The highest BCUT2D eigenvalue weighted by Crippen LogP contribution is 2.41. The van der Waals surface area contributed by atoms with E-state index in [1.807, 2.05) is 24.3 Å². The molecular formula is C23H29N. The van der Waals surface area contributed by atoms with Gasteiger partial charge in [-0.2, -0.15) is 5.26 Å². The van der Waals surface area contributed by atoms with Gasteiger partial charge < -0.3 is 0 Å². The van der Waals surface area contributed by atoms with Gasteiger partial charge in [0.1, 0.15) is 0 Å². The number of benzene rings is 1. The van der Waals surface area contributed by atoms with Gasteiger partial charge in [0.05, 0.1) is 11.6 Å². The molecule has 2 fully saturated rings.